The average Bonchev–Trinajstić information content (AvgIpc) is 3.04. The van der Waals surface area contributed by atoms with E-state index in [4.69, 9.17) is 0 Å². The van der Waals surface area contributed by atoms with E-state index in [-0.39, 0.29) is 0 Å². The van der Waals surface area contributed by atoms with Crippen LogP contribution in [0, 0.1) is 5.92 Å². The van der Waals surface area contributed by atoms with Gasteiger partial charge in [0.25, 0.3) is 0 Å². The number of fused-ring (bicyclic) bond motifs is 4. The van der Waals surface area contributed by atoms with E-state index < -0.39 is 0 Å². The van der Waals surface area contributed by atoms with Crippen molar-refractivity contribution in [1.82, 2.24) is 0 Å². The zero-order valence-corrected chi connectivity index (χ0v) is 25.0. The Morgan fingerprint density at radius 1 is 0.524 bits per heavy atom. The average molecular weight is 602 g/mol. The molecule has 0 aliphatic heterocycles. The minimum absolute atomic E-state index is 0.489. The van der Waals surface area contributed by atoms with E-state index in [1.165, 1.54) is 80.6 Å². The first-order chi connectivity index (χ1) is 20.7. The Morgan fingerprint density at radius 3 is 1.64 bits per heavy atom. The van der Waals surface area contributed by atoms with Gasteiger partial charge in [-0.1, -0.05) is 128 Å². The first kappa shape index (κ1) is 25.3. The zero-order valence-electron chi connectivity index (χ0n) is 23.4. The van der Waals surface area contributed by atoms with Gasteiger partial charge in [0.2, 0.25) is 0 Å². The second-order valence-corrected chi connectivity index (χ2v) is 12.3. The van der Waals surface area contributed by atoms with Gasteiger partial charge < -0.3 is 0 Å². The Labute approximate surface area is 254 Å². The van der Waals surface area contributed by atoms with Crippen LogP contribution in [0.1, 0.15) is 13.3 Å². The van der Waals surface area contributed by atoms with Gasteiger partial charge in [-0.2, -0.15) is 0 Å². The fourth-order valence-electron chi connectivity index (χ4n) is 6.81. The maximum Gasteiger partial charge on any atom is 0.0329 e. The summed E-state index contributed by atoms with van der Waals surface area (Å²) in [5.41, 5.74) is 7.56. The van der Waals surface area contributed by atoms with Crippen molar-refractivity contribution in [2.45, 2.75) is 13.3 Å². The highest BCUT2D eigenvalue weighted by atomic mass is 79.9. The van der Waals surface area contributed by atoms with Gasteiger partial charge in [-0.25, -0.2) is 0 Å². The molecule has 200 valence electrons. The third-order valence-corrected chi connectivity index (χ3v) is 9.65. The van der Waals surface area contributed by atoms with Crippen molar-refractivity contribution in [2.24, 2.45) is 5.92 Å². The quantitative estimate of drug-likeness (QED) is 0.189. The lowest BCUT2D eigenvalue weighted by Crippen LogP contribution is -2.32. The van der Waals surface area contributed by atoms with Crippen molar-refractivity contribution in [2.75, 3.05) is 0 Å². The third kappa shape index (κ3) is 4.11. The second-order valence-electron chi connectivity index (χ2n) is 11.5. The van der Waals surface area contributed by atoms with Crippen LogP contribution in [0.15, 0.2) is 132 Å². The Bertz CT molecular complexity index is 2200. The summed E-state index contributed by atoms with van der Waals surface area (Å²) in [6.45, 7) is 2.32. The van der Waals surface area contributed by atoms with Crippen LogP contribution >= 0.6 is 15.9 Å². The fraction of sp³-hybridized carbons (Fsp3) is 0.0732. The van der Waals surface area contributed by atoms with Crippen molar-refractivity contribution in [1.29, 1.82) is 0 Å². The molecule has 1 unspecified atom stereocenters. The summed E-state index contributed by atoms with van der Waals surface area (Å²) in [5.74, 6) is 0.489. The van der Waals surface area contributed by atoms with Gasteiger partial charge in [0.05, 0.1) is 0 Å². The van der Waals surface area contributed by atoms with Gasteiger partial charge in [-0.3, -0.25) is 0 Å². The monoisotopic (exact) mass is 600 g/mol. The molecule has 0 fully saturated rings. The largest absolute Gasteiger partial charge is 0.0749 e. The van der Waals surface area contributed by atoms with E-state index in [2.05, 4.69) is 162 Å². The summed E-state index contributed by atoms with van der Waals surface area (Å²) in [4.78, 5) is 0. The first-order valence-corrected chi connectivity index (χ1v) is 15.5. The fourth-order valence-corrected chi connectivity index (χ4v) is 7.53. The maximum absolute atomic E-state index is 4.00. The van der Waals surface area contributed by atoms with Crippen molar-refractivity contribution in [3.63, 3.8) is 0 Å². The second kappa shape index (κ2) is 10.1. The predicted molar refractivity (Wildman–Crippen MR) is 185 cm³/mol. The Morgan fingerprint density at radius 2 is 1.02 bits per heavy atom. The lowest BCUT2D eigenvalue weighted by atomic mass is 9.86. The van der Waals surface area contributed by atoms with Crippen molar-refractivity contribution < 1.29 is 0 Å². The summed E-state index contributed by atoms with van der Waals surface area (Å²) < 4.78 is 1.19. The first-order valence-electron chi connectivity index (χ1n) is 14.7. The number of benzene rings is 7. The molecule has 0 nitrogen and oxygen atoms in total. The van der Waals surface area contributed by atoms with Crippen LogP contribution in [0.3, 0.4) is 0 Å². The molecule has 1 aliphatic rings. The van der Waals surface area contributed by atoms with E-state index >= 15 is 0 Å². The van der Waals surface area contributed by atoms with E-state index in [1.807, 2.05) is 0 Å². The van der Waals surface area contributed by atoms with Gasteiger partial charge in [-0.05, 0) is 123 Å². The number of hydrogen-bond acceptors (Lipinski definition) is 0. The van der Waals surface area contributed by atoms with Crippen molar-refractivity contribution in [3.8, 4) is 33.4 Å². The SMILES string of the molecule is CC1C=c2c(-c3cc(-c4cccc5ccccc45)cc(-c4cccc5ccccc45)c3)c3ccccc3c(Br)c2=CC1. The topological polar surface area (TPSA) is 0 Å². The molecule has 1 atom stereocenters. The van der Waals surface area contributed by atoms with E-state index in [9.17, 15) is 0 Å². The van der Waals surface area contributed by atoms with Crippen LogP contribution in [-0.4, -0.2) is 0 Å². The maximum atomic E-state index is 4.00. The number of hydrogen-bond donors (Lipinski definition) is 0. The molecule has 0 spiro atoms. The van der Waals surface area contributed by atoms with Gasteiger partial charge in [0.1, 0.15) is 0 Å². The molecule has 1 aliphatic carbocycles. The van der Waals surface area contributed by atoms with Crippen LogP contribution in [0.25, 0.3) is 77.9 Å². The summed E-state index contributed by atoms with van der Waals surface area (Å²) in [7, 11) is 0. The molecule has 1 heteroatoms. The Kier molecular flexibility index (Phi) is 6.09. The molecule has 0 aromatic heterocycles. The molecule has 0 saturated heterocycles. The molecule has 42 heavy (non-hydrogen) atoms. The summed E-state index contributed by atoms with van der Waals surface area (Å²) in [6.07, 6.45) is 5.95. The molecular formula is C41H29Br. The molecular weight excluding hydrogens is 572 g/mol. The molecule has 8 rings (SSSR count). The summed E-state index contributed by atoms with van der Waals surface area (Å²) in [5, 5.41) is 10.2. The van der Waals surface area contributed by atoms with Crippen LogP contribution in [0.5, 0.6) is 0 Å². The highest BCUT2D eigenvalue weighted by molar-refractivity contribution is 9.10. The van der Waals surface area contributed by atoms with E-state index in [0.29, 0.717) is 5.92 Å². The molecule has 7 aromatic carbocycles. The van der Waals surface area contributed by atoms with Crippen LogP contribution in [0.4, 0.5) is 0 Å². The normalized spacial score (nSPS) is 14.5. The molecule has 7 aromatic rings. The van der Waals surface area contributed by atoms with Gasteiger partial charge in [0.15, 0.2) is 0 Å². The lowest BCUT2D eigenvalue weighted by molar-refractivity contribution is 0.800. The van der Waals surface area contributed by atoms with Gasteiger partial charge in [0, 0.05) is 4.47 Å². The highest BCUT2D eigenvalue weighted by Gasteiger charge is 2.18. The Balaban J connectivity index is 1.52. The standard InChI is InChI=1S/C41H29Br/c1-26-20-21-38-39(22-26)40(36-16-6-7-17-37(36)41(38)42)31-24-29(34-18-8-12-27-10-2-4-14-32(27)34)23-30(25-31)35-19-9-13-28-11-3-5-15-33(28)35/h2-19,21-26H,20H2,1H3. The Hall–Kier alpha value is -4.46. The smallest absolute Gasteiger partial charge is 0.0329 e. The predicted octanol–water partition coefficient (Wildman–Crippen LogP) is 10.5. The third-order valence-electron chi connectivity index (χ3n) is 8.80. The van der Waals surface area contributed by atoms with E-state index in [1.54, 1.807) is 0 Å². The molecule has 0 amide bonds. The van der Waals surface area contributed by atoms with Crippen LogP contribution < -0.4 is 10.4 Å². The zero-order chi connectivity index (χ0) is 28.2. The van der Waals surface area contributed by atoms with Crippen LogP contribution in [0.2, 0.25) is 0 Å². The van der Waals surface area contributed by atoms with Crippen molar-refractivity contribution >= 4 is 60.4 Å². The minimum Gasteiger partial charge on any atom is -0.0749 e. The molecule has 0 bridgehead atoms. The molecule has 0 heterocycles. The summed E-state index contributed by atoms with van der Waals surface area (Å²) >= 11 is 4.00. The van der Waals surface area contributed by atoms with Gasteiger partial charge in [-0.15, -0.1) is 0 Å². The lowest BCUT2D eigenvalue weighted by Gasteiger charge is -2.19. The van der Waals surface area contributed by atoms with Crippen molar-refractivity contribution in [3.05, 3.63) is 142 Å². The molecule has 0 N–H and O–H groups in total. The number of rotatable bonds is 3. The minimum atomic E-state index is 0.489. The summed E-state index contributed by atoms with van der Waals surface area (Å²) in [6, 6.07) is 46.8. The van der Waals surface area contributed by atoms with Gasteiger partial charge >= 0.3 is 0 Å². The highest BCUT2D eigenvalue weighted by Crippen LogP contribution is 2.39. The van der Waals surface area contributed by atoms with E-state index in [0.717, 1.165) is 6.42 Å². The molecule has 0 radical (unpaired) electrons. The molecule has 0 saturated carbocycles. The van der Waals surface area contributed by atoms with Crippen LogP contribution in [-0.2, 0) is 0 Å². The number of halogens is 1.